The molecule has 0 aromatic carbocycles. The Bertz CT molecular complexity index is 272. The van der Waals surface area contributed by atoms with Gasteiger partial charge in [-0.25, -0.2) is 0 Å². The fourth-order valence-electron chi connectivity index (χ4n) is 1.20. The van der Waals surface area contributed by atoms with Gasteiger partial charge in [-0.2, -0.15) is 0 Å². The van der Waals surface area contributed by atoms with Crippen LogP contribution in [0.15, 0.2) is 0 Å². The smallest absolute Gasteiger partial charge is 0.243 e. The fraction of sp³-hybridized carbons (Fsp3) is 0.700. The summed E-state index contributed by atoms with van der Waals surface area (Å²) >= 11 is 0. The molecule has 0 aromatic rings. The van der Waals surface area contributed by atoms with Crippen LogP contribution in [0.5, 0.6) is 0 Å². The molecule has 0 bridgehead atoms. The van der Waals surface area contributed by atoms with E-state index in [1.807, 2.05) is 0 Å². The molecule has 1 aliphatic heterocycles. The fourth-order valence-corrected chi connectivity index (χ4v) is 1.20. The molecule has 1 rings (SSSR count). The maximum absolute atomic E-state index is 11.7. The molecule has 0 radical (unpaired) electrons. The van der Waals surface area contributed by atoms with E-state index in [2.05, 4.69) is 11.2 Å². The lowest BCUT2D eigenvalue weighted by Gasteiger charge is -2.27. The number of hydrogen-bond acceptors (Lipinski definition) is 3. The van der Waals surface area contributed by atoms with E-state index in [0.717, 1.165) is 0 Å². The second-order valence-electron chi connectivity index (χ2n) is 4.18. The van der Waals surface area contributed by atoms with E-state index in [4.69, 9.17) is 16.9 Å². The monoisotopic (exact) mass is 196 g/mol. The number of carbonyl (C=O) groups excluding carboxylic acids is 1. The first-order chi connectivity index (χ1) is 6.40. The minimum absolute atomic E-state index is 0.238. The molecule has 1 saturated heterocycles. The zero-order valence-corrected chi connectivity index (χ0v) is 8.59. The highest BCUT2D eigenvalue weighted by atomic mass is 16.5. The lowest BCUT2D eigenvalue weighted by molar-refractivity contribution is -0.127. The average molecular weight is 196 g/mol. The first kappa shape index (κ1) is 11.0. The molecule has 78 valence electrons. The summed E-state index contributed by atoms with van der Waals surface area (Å²) in [4.78, 5) is 11.7. The van der Waals surface area contributed by atoms with Crippen LogP contribution in [0.1, 0.15) is 20.3 Å². The molecular weight excluding hydrogens is 180 g/mol. The molecular formula is C10H16N2O2. The van der Waals surface area contributed by atoms with Crippen molar-refractivity contribution in [3.63, 3.8) is 0 Å². The Morgan fingerprint density at radius 1 is 1.71 bits per heavy atom. The van der Waals surface area contributed by atoms with Gasteiger partial charge in [-0.3, -0.25) is 4.79 Å². The number of carbonyl (C=O) groups is 1. The van der Waals surface area contributed by atoms with Gasteiger partial charge < -0.3 is 15.8 Å². The summed E-state index contributed by atoms with van der Waals surface area (Å²) in [7, 11) is 0. The van der Waals surface area contributed by atoms with Gasteiger partial charge in [-0.05, 0) is 20.3 Å². The van der Waals surface area contributed by atoms with Crippen molar-refractivity contribution in [2.45, 2.75) is 31.3 Å². The Hall–Kier alpha value is -1.05. The van der Waals surface area contributed by atoms with Crippen LogP contribution in [0.4, 0.5) is 0 Å². The Kier molecular flexibility index (Phi) is 2.84. The Morgan fingerprint density at radius 3 is 2.79 bits per heavy atom. The maximum Gasteiger partial charge on any atom is 0.243 e. The third kappa shape index (κ3) is 2.25. The van der Waals surface area contributed by atoms with Gasteiger partial charge in [0, 0.05) is 6.61 Å². The van der Waals surface area contributed by atoms with Gasteiger partial charge in [0.15, 0.2) is 0 Å². The van der Waals surface area contributed by atoms with Crippen LogP contribution in [0.2, 0.25) is 0 Å². The van der Waals surface area contributed by atoms with E-state index in [0.29, 0.717) is 13.0 Å². The molecule has 0 saturated carbocycles. The lowest BCUT2D eigenvalue weighted by Crippen LogP contribution is -2.58. The number of amides is 1. The van der Waals surface area contributed by atoms with E-state index >= 15 is 0 Å². The van der Waals surface area contributed by atoms with Crippen molar-refractivity contribution in [3.05, 3.63) is 0 Å². The van der Waals surface area contributed by atoms with Crippen LogP contribution in [0, 0.1) is 12.3 Å². The highest BCUT2D eigenvalue weighted by Crippen LogP contribution is 2.16. The predicted molar refractivity (Wildman–Crippen MR) is 53.4 cm³/mol. The second-order valence-corrected chi connectivity index (χ2v) is 4.18. The number of nitrogens with one attached hydrogen (secondary N) is 1. The summed E-state index contributed by atoms with van der Waals surface area (Å²) in [6.07, 6.45) is 5.80. The number of hydrogen-bond donors (Lipinski definition) is 2. The van der Waals surface area contributed by atoms with Gasteiger partial charge in [-0.1, -0.05) is 5.92 Å². The van der Waals surface area contributed by atoms with Gasteiger partial charge in [0.05, 0.1) is 12.1 Å². The number of nitrogens with two attached hydrogens (primary N) is 1. The van der Waals surface area contributed by atoms with Gasteiger partial charge in [0.1, 0.15) is 5.54 Å². The Labute approximate surface area is 84.2 Å². The molecule has 0 aromatic heterocycles. The third-order valence-corrected chi connectivity index (χ3v) is 2.29. The second kappa shape index (κ2) is 3.60. The molecule has 0 spiro atoms. The van der Waals surface area contributed by atoms with Crippen molar-refractivity contribution in [1.29, 1.82) is 0 Å². The van der Waals surface area contributed by atoms with Crippen LogP contribution in [0.25, 0.3) is 0 Å². The molecule has 1 heterocycles. The lowest BCUT2D eigenvalue weighted by atomic mass is 9.97. The molecule has 4 nitrogen and oxygen atoms in total. The summed E-state index contributed by atoms with van der Waals surface area (Å²) in [5.41, 5.74) is 4.29. The quantitative estimate of drug-likeness (QED) is 0.592. The molecule has 1 unspecified atom stereocenters. The summed E-state index contributed by atoms with van der Waals surface area (Å²) in [5.74, 6) is 2.25. The molecule has 3 N–H and O–H groups in total. The molecule has 1 aliphatic rings. The predicted octanol–water partition coefficient (Wildman–Crippen LogP) is -0.368. The zero-order chi connectivity index (χ0) is 10.8. The molecule has 14 heavy (non-hydrogen) atoms. The van der Waals surface area contributed by atoms with Crippen molar-refractivity contribution >= 4 is 5.91 Å². The van der Waals surface area contributed by atoms with Crippen LogP contribution in [0.3, 0.4) is 0 Å². The first-order valence-electron chi connectivity index (χ1n) is 4.57. The summed E-state index contributed by atoms with van der Waals surface area (Å²) in [6, 6.07) is 0. The van der Waals surface area contributed by atoms with Gasteiger partial charge in [-0.15, -0.1) is 6.42 Å². The van der Waals surface area contributed by atoms with E-state index < -0.39 is 11.1 Å². The molecule has 1 fully saturated rings. The zero-order valence-electron chi connectivity index (χ0n) is 8.59. The minimum Gasteiger partial charge on any atom is -0.379 e. The van der Waals surface area contributed by atoms with Crippen LogP contribution in [-0.4, -0.2) is 30.2 Å². The van der Waals surface area contributed by atoms with Gasteiger partial charge in [0.2, 0.25) is 5.91 Å². The third-order valence-electron chi connectivity index (χ3n) is 2.29. The Morgan fingerprint density at radius 2 is 2.36 bits per heavy atom. The Balaban J connectivity index is 2.63. The molecule has 1 amide bonds. The largest absolute Gasteiger partial charge is 0.379 e. The molecule has 4 heteroatoms. The van der Waals surface area contributed by atoms with E-state index in [9.17, 15) is 4.79 Å². The normalized spacial score (nSPS) is 27.0. The summed E-state index contributed by atoms with van der Waals surface area (Å²) in [6.45, 7) is 4.30. The van der Waals surface area contributed by atoms with Crippen LogP contribution >= 0.6 is 0 Å². The summed E-state index contributed by atoms with van der Waals surface area (Å²) < 4.78 is 5.09. The maximum atomic E-state index is 11.7. The standard InChI is InChI=1S/C10H16N2O2/c1-4-9(2,3)12-8(13)10(11)5-6-14-7-10/h1H,5-7,11H2,2-3H3,(H,12,13). The summed E-state index contributed by atoms with van der Waals surface area (Å²) in [5, 5.41) is 2.71. The van der Waals surface area contributed by atoms with Crippen molar-refractivity contribution in [3.8, 4) is 12.3 Å². The van der Waals surface area contributed by atoms with Crippen LogP contribution < -0.4 is 11.1 Å². The first-order valence-corrected chi connectivity index (χ1v) is 4.57. The van der Waals surface area contributed by atoms with Crippen LogP contribution in [-0.2, 0) is 9.53 Å². The van der Waals surface area contributed by atoms with Crippen molar-refractivity contribution in [2.75, 3.05) is 13.2 Å². The number of terminal acetylenes is 1. The van der Waals surface area contributed by atoms with Crippen molar-refractivity contribution in [2.24, 2.45) is 5.73 Å². The number of ether oxygens (including phenoxy) is 1. The van der Waals surface area contributed by atoms with E-state index in [1.165, 1.54) is 0 Å². The highest BCUT2D eigenvalue weighted by Gasteiger charge is 2.39. The molecule has 0 aliphatic carbocycles. The van der Waals surface area contributed by atoms with Gasteiger partial charge >= 0.3 is 0 Å². The SMILES string of the molecule is C#CC(C)(C)NC(=O)C1(N)CCOC1. The highest BCUT2D eigenvalue weighted by molar-refractivity contribution is 5.87. The molecule has 1 atom stereocenters. The van der Waals surface area contributed by atoms with Gasteiger partial charge in [0.25, 0.3) is 0 Å². The topological polar surface area (TPSA) is 64.4 Å². The average Bonchev–Trinajstić information content (AvgIpc) is 2.53. The van der Waals surface area contributed by atoms with Crippen molar-refractivity contribution in [1.82, 2.24) is 5.32 Å². The minimum atomic E-state index is -0.909. The van der Waals surface area contributed by atoms with E-state index in [1.54, 1.807) is 13.8 Å². The van der Waals surface area contributed by atoms with Crippen molar-refractivity contribution < 1.29 is 9.53 Å². The van der Waals surface area contributed by atoms with E-state index in [-0.39, 0.29) is 12.5 Å². The number of rotatable bonds is 2.